The zero-order valence-electron chi connectivity index (χ0n) is 12.2. The molecular weight excluding hydrogens is 286 g/mol. The lowest BCUT2D eigenvalue weighted by Gasteiger charge is -2.18. The number of sulfonamides is 1. The van der Waals surface area contributed by atoms with Crippen LogP contribution in [-0.2, 0) is 10.0 Å². The molecule has 1 aliphatic heterocycles. The molecule has 0 aliphatic carbocycles. The van der Waals surface area contributed by atoms with Crippen molar-refractivity contribution >= 4 is 20.8 Å². The molecule has 0 saturated carbocycles. The Hall–Kier alpha value is -1.50. The number of pyridine rings is 1. The van der Waals surface area contributed by atoms with Crippen molar-refractivity contribution in [1.82, 2.24) is 14.6 Å². The van der Waals surface area contributed by atoms with Crippen molar-refractivity contribution in [1.29, 1.82) is 0 Å². The van der Waals surface area contributed by atoms with E-state index in [0.29, 0.717) is 18.0 Å². The van der Waals surface area contributed by atoms with Crippen molar-refractivity contribution in [3.8, 4) is 0 Å². The highest BCUT2D eigenvalue weighted by Gasteiger charge is 2.33. The molecule has 1 aromatic heterocycles. The number of benzene rings is 1. The maximum atomic E-state index is 12.9. The van der Waals surface area contributed by atoms with Gasteiger partial charge >= 0.3 is 0 Å². The number of aryl methyl sites for hydroxylation is 1. The molecule has 2 heterocycles. The van der Waals surface area contributed by atoms with Crippen LogP contribution in [0, 0.1) is 6.92 Å². The molecule has 0 spiro atoms. The van der Waals surface area contributed by atoms with Gasteiger partial charge in [0.2, 0.25) is 10.0 Å². The van der Waals surface area contributed by atoms with Crippen molar-refractivity contribution < 1.29 is 8.42 Å². The van der Waals surface area contributed by atoms with Gasteiger partial charge in [-0.25, -0.2) is 8.42 Å². The van der Waals surface area contributed by atoms with Crippen LogP contribution >= 0.6 is 0 Å². The number of rotatable bonds is 3. The van der Waals surface area contributed by atoms with Gasteiger partial charge in [-0.2, -0.15) is 4.31 Å². The molecule has 0 bridgehead atoms. The number of hydrogen-bond acceptors (Lipinski definition) is 4. The first-order valence-electron chi connectivity index (χ1n) is 7.05. The zero-order valence-corrected chi connectivity index (χ0v) is 13.0. The summed E-state index contributed by atoms with van der Waals surface area (Å²) in [6.07, 6.45) is 4.27. The largest absolute Gasteiger partial charge is 0.316 e. The summed E-state index contributed by atoms with van der Waals surface area (Å²) in [6.45, 7) is 2.99. The maximum Gasteiger partial charge on any atom is 0.243 e. The van der Waals surface area contributed by atoms with Crippen LogP contribution in [0.15, 0.2) is 35.5 Å². The molecule has 1 atom stereocenters. The van der Waals surface area contributed by atoms with Crippen molar-refractivity contribution in [2.24, 2.45) is 0 Å². The Morgan fingerprint density at radius 3 is 2.86 bits per heavy atom. The van der Waals surface area contributed by atoms with Crippen molar-refractivity contribution in [3.05, 3.63) is 36.2 Å². The van der Waals surface area contributed by atoms with E-state index in [-0.39, 0.29) is 6.04 Å². The summed E-state index contributed by atoms with van der Waals surface area (Å²) in [6, 6.07) is 5.60. The molecule has 5 nitrogen and oxygen atoms in total. The highest BCUT2D eigenvalue weighted by Crippen LogP contribution is 2.29. The van der Waals surface area contributed by atoms with E-state index in [1.54, 1.807) is 28.8 Å². The molecule has 1 N–H and O–H groups in total. The summed E-state index contributed by atoms with van der Waals surface area (Å²) in [5.74, 6) is 0. The SMILES string of the molecule is CN[C@H]1CCN(S(=O)(=O)c2cccc3cncc(C)c23)C1. The fraction of sp³-hybridized carbons (Fsp3) is 0.400. The second-order valence-electron chi connectivity index (χ2n) is 5.45. The van der Waals surface area contributed by atoms with Crippen LogP contribution in [0.25, 0.3) is 10.8 Å². The van der Waals surface area contributed by atoms with Gasteiger partial charge in [-0.3, -0.25) is 4.98 Å². The van der Waals surface area contributed by atoms with E-state index in [4.69, 9.17) is 0 Å². The predicted octanol–water partition coefficient (Wildman–Crippen LogP) is 1.53. The van der Waals surface area contributed by atoms with Gasteiger partial charge in [0.15, 0.2) is 0 Å². The van der Waals surface area contributed by atoms with E-state index in [0.717, 1.165) is 22.8 Å². The van der Waals surface area contributed by atoms with Gasteiger partial charge in [0.25, 0.3) is 0 Å². The third-order valence-corrected chi connectivity index (χ3v) is 6.02. The van der Waals surface area contributed by atoms with Crippen LogP contribution in [0.3, 0.4) is 0 Å². The van der Waals surface area contributed by atoms with Crippen molar-refractivity contribution in [2.75, 3.05) is 20.1 Å². The average Bonchev–Trinajstić information content (AvgIpc) is 2.97. The summed E-state index contributed by atoms with van der Waals surface area (Å²) >= 11 is 0. The number of nitrogens with zero attached hydrogens (tertiary/aromatic N) is 2. The minimum Gasteiger partial charge on any atom is -0.316 e. The summed E-state index contributed by atoms with van der Waals surface area (Å²) in [4.78, 5) is 4.53. The average molecular weight is 305 g/mol. The molecule has 1 aliphatic rings. The molecule has 1 fully saturated rings. The number of hydrogen-bond donors (Lipinski definition) is 1. The van der Waals surface area contributed by atoms with E-state index in [9.17, 15) is 8.42 Å². The van der Waals surface area contributed by atoms with E-state index in [1.807, 2.05) is 20.0 Å². The highest BCUT2D eigenvalue weighted by atomic mass is 32.2. The molecule has 21 heavy (non-hydrogen) atoms. The van der Waals surface area contributed by atoms with Gasteiger partial charge in [0.05, 0.1) is 4.90 Å². The van der Waals surface area contributed by atoms with Crippen LogP contribution in [0.5, 0.6) is 0 Å². The molecule has 1 saturated heterocycles. The van der Waals surface area contributed by atoms with E-state index < -0.39 is 10.0 Å². The quantitative estimate of drug-likeness (QED) is 0.934. The minimum atomic E-state index is -3.47. The van der Waals surface area contributed by atoms with Crippen LogP contribution in [0.4, 0.5) is 0 Å². The maximum absolute atomic E-state index is 12.9. The smallest absolute Gasteiger partial charge is 0.243 e. The number of aromatic nitrogens is 1. The Morgan fingerprint density at radius 1 is 1.33 bits per heavy atom. The Bertz CT molecular complexity index is 768. The number of nitrogens with one attached hydrogen (secondary N) is 1. The van der Waals surface area contributed by atoms with Crippen LogP contribution < -0.4 is 5.32 Å². The second kappa shape index (κ2) is 5.36. The first-order valence-corrected chi connectivity index (χ1v) is 8.49. The molecule has 0 radical (unpaired) electrons. The summed E-state index contributed by atoms with van der Waals surface area (Å²) in [5, 5.41) is 4.79. The molecule has 0 amide bonds. The van der Waals surface area contributed by atoms with Crippen LogP contribution in [0.2, 0.25) is 0 Å². The summed E-state index contributed by atoms with van der Waals surface area (Å²) < 4.78 is 27.5. The predicted molar refractivity (Wildman–Crippen MR) is 82.7 cm³/mol. The first kappa shape index (κ1) is 14.4. The lowest BCUT2D eigenvalue weighted by atomic mass is 10.1. The van der Waals surface area contributed by atoms with Gasteiger partial charge < -0.3 is 5.32 Å². The lowest BCUT2D eigenvalue weighted by molar-refractivity contribution is 0.465. The third-order valence-electron chi connectivity index (χ3n) is 4.11. The monoisotopic (exact) mass is 305 g/mol. The Labute approximate surface area is 125 Å². The van der Waals surface area contributed by atoms with Crippen molar-refractivity contribution in [2.45, 2.75) is 24.3 Å². The van der Waals surface area contributed by atoms with Gasteiger partial charge in [-0.05, 0) is 32.0 Å². The van der Waals surface area contributed by atoms with Crippen LogP contribution in [-0.4, -0.2) is 43.9 Å². The Kier molecular flexibility index (Phi) is 3.69. The third kappa shape index (κ3) is 2.43. The van der Waals surface area contributed by atoms with Gasteiger partial charge in [-0.1, -0.05) is 12.1 Å². The van der Waals surface area contributed by atoms with E-state index in [2.05, 4.69) is 10.3 Å². The molecule has 0 unspecified atom stereocenters. The van der Waals surface area contributed by atoms with Gasteiger partial charge in [-0.15, -0.1) is 0 Å². The lowest BCUT2D eigenvalue weighted by Crippen LogP contribution is -2.33. The second-order valence-corrected chi connectivity index (χ2v) is 7.35. The molecule has 3 rings (SSSR count). The molecule has 112 valence electrons. The van der Waals surface area contributed by atoms with Crippen molar-refractivity contribution in [3.63, 3.8) is 0 Å². The Morgan fingerprint density at radius 2 is 2.14 bits per heavy atom. The summed E-state index contributed by atoms with van der Waals surface area (Å²) in [5.41, 5.74) is 0.885. The first-order chi connectivity index (χ1) is 10.0. The number of fused-ring (bicyclic) bond motifs is 1. The Balaban J connectivity index is 2.12. The molecule has 1 aromatic carbocycles. The number of likely N-dealkylation sites (N-methyl/N-ethyl adjacent to an activating group) is 1. The molecule has 2 aromatic rings. The minimum absolute atomic E-state index is 0.234. The molecule has 6 heteroatoms. The normalized spacial score (nSPS) is 20.2. The fourth-order valence-corrected chi connectivity index (χ4v) is 4.70. The molecular formula is C15H19N3O2S. The summed E-state index contributed by atoms with van der Waals surface area (Å²) in [7, 11) is -1.60. The standard InChI is InChI=1S/C15H19N3O2S/c1-11-8-17-9-12-4-3-5-14(15(11)12)21(19,20)18-7-6-13(10-18)16-2/h3-5,8-9,13,16H,6-7,10H2,1-2H3/t13-/m0/s1. The highest BCUT2D eigenvalue weighted by molar-refractivity contribution is 7.89. The van der Waals surface area contributed by atoms with Gasteiger partial charge in [0, 0.05) is 42.3 Å². The topological polar surface area (TPSA) is 62.3 Å². The van der Waals surface area contributed by atoms with Crippen LogP contribution in [0.1, 0.15) is 12.0 Å². The van der Waals surface area contributed by atoms with E-state index >= 15 is 0 Å². The zero-order chi connectivity index (χ0) is 15.0. The van der Waals surface area contributed by atoms with E-state index in [1.165, 1.54) is 0 Å². The van der Waals surface area contributed by atoms with Gasteiger partial charge in [0.1, 0.15) is 0 Å². The fourth-order valence-electron chi connectivity index (χ4n) is 2.91.